The van der Waals surface area contributed by atoms with Gasteiger partial charge in [0.15, 0.2) is 6.29 Å². The minimum Gasteiger partial charge on any atom is -0.488 e. The Balaban J connectivity index is 1.89. The fraction of sp³-hybridized carbons (Fsp3) is 0.200. The Kier molecular flexibility index (Phi) is 4.47. The van der Waals surface area contributed by atoms with Gasteiger partial charge in [-0.15, -0.1) is 0 Å². The van der Waals surface area contributed by atoms with Gasteiger partial charge in [-0.1, -0.05) is 36.4 Å². The van der Waals surface area contributed by atoms with Gasteiger partial charge in [-0.3, -0.25) is 9.48 Å². The van der Waals surface area contributed by atoms with Crippen molar-refractivity contribution in [3.8, 4) is 16.9 Å². The molecule has 0 aliphatic rings. The van der Waals surface area contributed by atoms with Gasteiger partial charge in [0.1, 0.15) is 12.4 Å². The van der Waals surface area contributed by atoms with E-state index in [-0.39, 0.29) is 0 Å². The molecule has 2 aromatic carbocycles. The van der Waals surface area contributed by atoms with E-state index in [2.05, 4.69) is 5.10 Å². The van der Waals surface area contributed by atoms with E-state index in [0.29, 0.717) is 17.9 Å². The van der Waals surface area contributed by atoms with Gasteiger partial charge in [-0.05, 0) is 37.1 Å². The molecule has 4 heteroatoms. The second-order valence-electron chi connectivity index (χ2n) is 5.81. The number of carbonyl (C=O) groups excluding carboxylic acids is 1. The summed E-state index contributed by atoms with van der Waals surface area (Å²) >= 11 is 0. The van der Waals surface area contributed by atoms with E-state index in [1.165, 1.54) is 0 Å². The normalized spacial score (nSPS) is 10.6. The average molecular weight is 320 g/mol. The summed E-state index contributed by atoms with van der Waals surface area (Å²) in [5.74, 6) is 0.594. The number of aromatic nitrogens is 2. The number of nitrogens with zero attached hydrogens (tertiary/aromatic N) is 2. The lowest BCUT2D eigenvalue weighted by Crippen LogP contribution is -1.98. The minimum atomic E-state index is 0.436. The molecule has 0 spiro atoms. The van der Waals surface area contributed by atoms with Gasteiger partial charge < -0.3 is 4.74 Å². The van der Waals surface area contributed by atoms with Crippen molar-refractivity contribution < 1.29 is 9.53 Å². The first-order valence-electron chi connectivity index (χ1n) is 7.86. The highest BCUT2D eigenvalue weighted by Crippen LogP contribution is 2.30. The number of hydrogen-bond acceptors (Lipinski definition) is 3. The van der Waals surface area contributed by atoms with Crippen LogP contribution in [0.15, 0.2) is 48.5 Å². The van der Waals surface area contributed by atoms with E-state index in [4.69, 9.17) is 4.74 Å². The van der Waals surface area contributed by atoms with Gasteiger partial charge in [0.25, 0.3) is 0 Å². The Morgan fingerprint density at radius 2 is 1.88 bits per heavy atom. The zero-order valence-corrected chi connectivity index (χ0v) is 14.1. The van der Waals surface area contributed by atoms with E-state index in [1.807, 2.05) is 74.1 Å². The molecule has 0 fully saturated rings. The van der Waals surface area contributed by atoms with Crippen molar-refractivity contribution in [1.82, 2.24) is 9.78 Å². The van der Waals surface area contributed by atoms with Crippen LogP contribution in [0, 0.1) is 13.8 Å². The van der Waals surface area contributed by atoms with Gasteiger partial charge in [0, 0.05) is 18.3 Å². The molecule has 0 saturated carbocycles. The molecule has 24 heavy (non-hydrogen) atoms. The summed E-state index contributed by atoms with van der Waals surface area (Å²) in [5, 5.41) is 4.44. The third-order valence-electron chi connectivity index (χ3n) is 4.17. The SMILES string of the molecule is Cc1nn(C)c(C)c1-c1ccc(OCc2ccccc2)c(C=O)c1. The van der Waals surface area contributed by atoms with Crippen LogP contribution in [0.3, 0.4) is 0 Å². The minimum absolute atomic E-state index is 0.436. The lowest BCUT2D eigenvalue weighted by Gasteiger charge is -2.11. The van der Waals surface area contributed by atoms with Crippen LogP contribution in [0.5, 0.6) is 5.75 Å². The summed E-state index contributed by atoms with van der Waals surface area (Å²) < 4.78 is 7.67. The van der Waals surface area contributed by atoms with Crippen LogP contribution in [0.2, 0.25) is 0 Å². The second-order valence-corrected chi connectivity index (χ2v) is 5.81. The molecule has 3 aromatic rings. The molecule has 0 aliphatic heterocycles. The Morgan fingerprint density at radius 3 is 2.50 bits per heavy atom. The van der Waals surface area contributed by atoms with Crippen molar-refractivity contribution in [2.45, 2.75) is 20.5 Å². The molecule has 0 saturated heterocycles. The summed E-state index contributed by atoms with van der Waals surface area (Å²) in [4.78, 5) is 11.5. The number of benzene rings is 2. The van der Waals surface area contributed by atoms with E-state index < -0.39 is 0 Å². The highest BCUT2D eigenvalue weighted by molar-refractivity contribution is 5.83. The summed E-state index contributed by atoms with van der Waals surface area (Å²) in [5.41, 5.74) is 5.68. The first-order valence-corrected chi connectivity index (χ1v) is 7.86. The van der Waals surface area contributed by atoms with Crippen LogP contribution in [0.4, 0.5) is 0 Å². The number of rotatable bonds is 5. The van der Waals surface area contributed by atoms with Crippen molar-refractivity contribution in [1.29, 1.82) is 0 Å². The predicted octanol–water partition coefficient (Wildman–Crippen LogP) is 4.10. The summed E-state index contributed by atoms with van der Waals surface area (Å²) in [6.07, 6.45) is 0.838. The third-order valence-corrected chi connectivity index (χ3v) is 4.17. The summed E-state index contributed by atoms with van der Waals surface area (Å²) in [7, 11) is 1.92. The van der Waals surface area contributed by atoms with Crippen molar-refractivity contribution in [3.63, 3.8) is 0 Å². The van der Waals surface area contributed by atoms with E-state index in [0.717, 1.165) is 34.4 Å². The van der Waals surface area contributed by atoms with E-state index in [1.54, 1.807) is 0 Å². The lowest BCUT2D eigenvalue weighted by molar-refractivity contribution is 0.111. The highest BCUT2D eigenvalue weighted by Gasteiger charge is 2.14. The molecule has 4 nitrogen and oxygen atoms in total. The first-order chi connectivity index (χ1) is 11.6. The number of aryl methyl sites for hydroxylation is 2. The fourth-order valence-electron chi connectivity index (χ4n) is 2.85. The zero-order valence-electron chi connectivity index (χ0n) is 14.1. The maximum absolute atomic E-state index is 11.5. The molecule has 0 atom stereocenters. The monoisotopic (exact) mass is 320 g/mol. The Hall–Kier alpha value is -2.88. The van der Waals surface area contributed by atoms with Gasteiger partial charge in [-0.25, -0.2) is 0 Å². The summed E-state index contributed by atoms with van der Waals surface area (Å²) in [6.45, 7) is 4.43. The number of carbonyl (C=O) groups is 1. The lowest BCUT2D eigenvalue weighted by atomic mass is 10.0. The molecule has 0 radical (unpaired) electrons. The van der Waals surface area contributed by atoms with Crippen molar-refractivity contribution in [2.24, 2.45) is 7.05 Å². The smallest absolute Gasteiger partial charge is 0.153 e. The number of hydrogen-bond donors (Lipinski definition) is 0. The fourth-order valence-corrected chi connectivity index (χ4v) is 2.85. The van der Waals surface area contributed by atoms with Crippen molar-refractivity contribution in [3.05, 3.63) is 71.0 Å². The predicted molar refractivity (Wildman–Crippen MR) is 94.3 cm³/mol. The van der Waals surface area contributed by atoms with Crippen LogP contribution in [-0.4, -0.2) is 16.1 Å². The largest absolute Gasteiger partial charge is 0.488 e. The van der Waals surface area contributed by atoms with Crippen molar-refractivity contribution >= 4 is 6.29 Å². The van der Waals surface area contributed by atoms with E-state index in [9.17, 15) is 4.79 Å². The van der Waals surface area contributed by atoms with Gasteiger partial charge in [0.05, 0.1) is 11.3 Å². The van der Waals surface area contributed by atoms with Crippen LogP contribution in [0.25, 0.3) is 11.1 Å². The second kappa shape index (κ2) is 6.71. The maximum atomic E-state index is 11.5. The van der Waals surface area contributed by atoms with Gasteiger partial charge in [-0.2, -0.15) is 5.10 Å². The van der Waals surface area contributed by atoms with Crippen LogP contribution in [-0.2, 0) is 13.7 Å². The zero-order chi connectivity index (χ0) is 17.1. The number of ether oxygens (including phenoxy) is 1. The number of aldehydes is 1. The van der Waals surface area contributed by atoms with Crippen molar-refractivity contribution in [2.75, 3.05) is 0 Å². The van der Waals surface area contributed by atoms with Crippen LogP contribution in [0.1, 0.15) is 27.3 Å². The highest BCUT2D eigenvalue weighted by atomic mass is 16.5. The molecule has 0 aliphatic carbocycles. The van der Waals surface area contributed by atoms with Gasteiger partial charge in [0.2, 0.25) is 0 Å². The standard InChI is InChI=1S/C20H20N2O2/c1-14-20(15(2)22(3)21-14)17-9-10-19(18(11-17)12-23)24-13-16-7-5-4-6-8-16/h4-12H,13H2,1-3H3. The van der Waals surface area contributed by atoms with Crippen LogP contribution >= 0.6 is 0 Å². The molecule has 0 amide bonds. The van der Waals surface area contributed by atoms with Crippen LogP contribution < -0.4 is 4.74 Å². The molecule has 1 aromatic heterocycles. The maximum Gasteiger partial charge on any atom is 0.153 e. The molecule has 1 heterocycles. The Labute approximate surface area is 141 Å². The third kappa shape index (κ3) is 3.08. The molecule has 0 unspecified atom stereocenters. The topological polar surface area (TPSA) is 44.1 Å². The molecule has 122 valence electrons. The average Bonchev–Trinajstić information content (AvgIpc) is 2.86. The quantitative estimate of drug-likeness (QED) is 0.665. The Morgan fingerprint density at radius 1 is 1.12 bits per heavy atom. The first kappa shape index (κ1) is 16.0. The molecule has 3 rings (SSSR count). The van der Waals surface area contributed by atoms with E-state index >= 15 is 0 Å². The molecular weight excluding hydrogens is 300 g/mol. The molecule has 0 bridgehead atoms. The van der Waals surface area contributed by atoms with Gasteiger partial charge >= 0.3 is 0 Å². The molecular formula is C20H20N2O2. The Bertz CT molecular complexity index is 867. The summed E-state index contributed by atoms with van der Waals surface area (Å²) in [6, 6.07) is 15.6. The molecule has 0 N–H and O–H groups in total.